The Balaban J connectivity index is 2.28. The quantitative estimate of drug-likeness (QED) is 0.828. The fraction of sp³-hybridized carbons (Fsp3) is 0.500. The van der Waals surface area contributed by atoms with Gasteiger partial charge in [0.15, 0.2) is 0 Å². The van der Waals surface area contributed by atoms with Crippen molar-refractivity contribution in [3.05, 3.63) is 22.9 Å². The van der Waals surface area contributed by atoms with Gasteiger partial charge < -0.3 is 0 Å². The van der Waals surface area contributed by atoms with Crippen LogP contribution in [0, 0.1) is 0 Å². The largest absolute Gasteiger partial charge is 0.262 e. The molecule has 1 fully saturated rings. The van der Waals surface area contributed by atoms with Gasteiger partial charge in [-0.1, -0.05) is 0 Å². The first kappa shape index (κ1) is 13.3. The SMILES string of the molecule is O=S(=O)(c1cncc(Br)c1)N1CCCSCC1. The minimum Gasteiger partial charge on any atom is -0.262 e. The fourth-order valence-electron chi connectivity index (χ4n) is 1.65. The first-order chi connectivity index (χ1) is 8.10. The first-order valence-electron chi connectivity index (χ1n) is 5.29. The summed E-state index contributed by atoms with van der Waals surface area (Å²) in [7, 11) is -3.38. The van der Waals surface area contributed by atoms with Crippen molar-refractivity contribution in [1.82, 2.24) is 9.29 Å². The van der Waals surface area contributed by atoms with Crippen molar-refractivity contribution in [3.63, 3.8) is 0 Å². The lowest BCUT2D eigenvalue weighted by Crippen LogP contribution is -2.33. The zero-order valence-electron chi connectivity index (χ0n) is 9.17. The third kappa shape index (κ3) is 3.21. The Labute approximate surface area is 114 Å². The van der Waals surface area contributed by atoms with Gasteiger partial charge in [-0.3, -0.25) is 4.98 Å². The van der Waals surface area contributed by atoms with E-state index in [1.165, 1.54) is 6.20 Å². The van der Waals surface area contributed by atoms with Crippen molar-refractivity contribution < 1.29 is 8.42 Å². The van der Waals surface area contributed by atoms with Gasteiger partial charge in [-0.15, -0.1) is 0 Å². The number of sulfonamides is 1. The van der Waals surface area contributed by atoms with Crippen molar-refractivity contribution in [2.45, 2.75) is 11.3 Å². The molecule has 17 heavy (non-hydrogen) atoms. The molecule has 0 spiro atoms. The Morgan fingerprint density at radius 3 is 2.88 bits per heavy atom. The highest BCUT2D eigenvalue weighted by Gasteiger charge is 2.25. The number of hydrogen-bond donors (Lipinski definition) is 0. The summed E-state index contributed by atoms with van der Waals surface area (Å²) in [5, 5.41) is 0. The third-order valence-corrected chi connectivity index (χ3v) is 5.85. The van der Waals surface area contributed by atoms with Gasteiger partial charge in [-0.2, -0.15) is 16.1 Å². The summed E-state index contributed by atoms with van der Waals surface area (Å²) in [6, 6.07) is 1.60. The molecule has 0 aromatic carbocycles. The zero-order valence-corrected chi connectivity index (χ0v) is 12.4. The van der Waals surface area contributed by atoms with Crippen molar-refractivity contribution in [2.24, 2.45) is 0 Å². The summed E-state index contributed by atoms with van der Waals surface area (Å²) < 4.78 is 26.9. The molecule has 0 N–H and O–H groups in total. The van der Waals surface area contributed by atoms with Gasteiger partial charge in [0, 0.05) is 35.7 Å². The van der Waals surface area contributed by atoms with E-state index in [-0.39, 0.29) is 4.90 Å². The standard InChI is InChI=1S/C10H13BrN2O2S2/c11-9-6-10(8-12-7-9)17(14,15)13-2-1-4-16-5-3-13/h6-8H,1-5H2. The summed E-state index contributed by atoms with van der Waals surface area (Å²) in [6.07, 6.45) is 3.89. The van der Waals surface area contributed by atoms with E-state index in [9.17, 15) is 8.42 Å². The topological polar surface area (TPSA) is 50.3 Å². The molecule has 0 atom stereocenters. The number of hydrogen-bond acceptors (Lipinski definition) is 4. The maximum atomic E-state index is 12.3. The molecule has 0 aliphatic carbocycles. The molecule has 1 aromatic rings. The molecule has 2 heterocycles. The smallest absolute Gasteiger partial charge is 0.244 e. The second kappa shape index (κ2) is 5.69. The predicted octanol–water partition coefficient (Wildman–Crippen LogP) is 1.97. The molecule has 0 amide bonds. The van der Waals surface area contributed by atoms with E-state index in [1.807, 2.05) is 0 Å². The van der Waals surface area contributed by atoms with Gasteiger partial charge in [0.2, 0.25) is 10.0 Å². The van der Waals surface area contributed by atoms with E-state index in [4.69, 9.17) is 0 Å². The molecular weight excluding hydrogens is 324 g/mol. The molecule has 0 bridgehead atoms. The van der Waals surface area contributed by atoms with Crippen LogP contribution in [0.2, 0.25) is 0 Å². The second-order valence-corrected chi connectivity index (χ2v) is 7.79. The molecule has 0 radical (unpaired) electrons. The van der Waals surface area contributed by atoms with Crippen LogP contribution in [0.4, 0.5) is 0 Å². The fourth-order valence-corrected chi connectivity index (χ4v) is 4.63. The molecule has 4 nitrogen and oxygen atoms in total. The van der Waals surface area contributed by atoms with Crippen molar-refractivity contribution in [1.29, 1.82) is 0 Å². The van der Waals surface area contributed by atoms with Crippen LogP contribution >= 0.6 is 27.7 Å². The third-order valence-electron chi connectivity index (χ3n) is 2.50. The van der Waals surface area contributed by atoms with Crippen LogP contribution in [-0.4, -0.2) is 42.3 Å². The van der Waals surface area contributed by atoms with E-state index in [0.29, 0.717) is 17.6 Å². The maximum absolute atomic E-state index is 12.3. The minimum absolute atomic E-state index is 0.263. The number of pyridine rings is 1. The molecule has 1 saturated heterocycles. The molecule has 1 aliphatic heterocycles. The Hall–Kier alpha value is -0.110. The monoisotopic (exact) mass is 336 g/mol. The van der Waals surface area contributed by atoms with Crippen LogP contribution < -0.4 is 0 Å². The van der Waals surface area contributed by atoms with Crippen LogP contribution in [0.3, 0.4) is 0 Å². The molecule has 2 rings (SSSR count). The van der Waals surface area contributed by atoms with Crippen molar-refractivity contribution in [3.8, 4) is 0 Å². The summed E-state index contributed by atoms with van der Waals surface area (Å²) in [5.74, 6) is 1.89. The highest BCUT2D eigenvalue weighted by atomic mass is 79.9. The Morgan fingerprint density at radius 1 is 1.29 bits per heavy atom. The first-order valence-corrected chi connectivity index (χ1v) is 8.68. The second-order valence-electron chi connectivity index (χ2n) is 3.71. The number of halogens is 1. The lowest BCUT2D eigenvalue weighted by atomic mass is 10.5. The summed E-state index contributed by atoms with van der Waals surface area (Å²) >= 11 is 5.05. The van der Waals surface area contributed by atoms with Crippen molar-refractivity contribution in [2.75, 3.05) is 24.6 Å². The normalized spacial score (nSPS) is 18.9. The van der Waals surface area contributed by atoms with Gasteiger partial charge in [-0.05, 0) is 34.2 Å². The van der Waals surface area contributed by atoms with Gasteiger partial charge >= 0.3 is 0 Å². The average molecular weight is 337 g/mol. The van der Waals surface area contributed by atoms with Gasteiger partial charge in [-0.25, -0.2) is 8.42 Å². The van der Waals surface area contributed by atoms with Gasteiger partial charge in [0.25, 0.3) is 0 Å². The van der Waals surface area contributed by atoms with E-state index >= 15 is 0 Å². The summed E-state index contributed by atoms with van der Waals surface area (Å²) in [5.41, 5.74) is 0. The van der Waals surface area contributed by atoms with Crippen LogP contribution in [0.15, 0.2) is 27.8 Å². The van der Waals surface area contributed by atoms with Gasteiger partial charge in [0.1, 0.15) is 4.90 Å². The van der Waals surface area contributed by atoms with E-state index in [2.05, 4.69) is 20.9 Å². The Bertz CT molecular complexity index is 485. The minimum atomic E-state index is -3.38. The highest BCUT2D eigenvalue weighted by Crippen LogP contribution is 2.21. The van der Waals surface area contributed by atoms with Gasteiger partial charge in [0.05, 0.1) is 0 Å². The van der Waals surface area contributed by atoms with E-state index in [1.54, 1.807) is 28.3 Å². The van der Waals surface area contributed by atoms with Crippen LogP contribution in [0.1, 0.15) is 6.42 Å². The number of nitrogens with zero attached hydrogens (tertiary/aromatic N) is 2. The van der Waals surface area contributed by atoms with Crippen molar-refractivity contribution >= 4 is 37.7 Å². The van der Waals surface area contributed by atoms with Crippen LogP contribution in [0.5, 0.6) is 0 Å². The van der Waals surface area contributed by atoms with Crippen LogP contribution in [-0.2, 0) is 10.0 Å². The maximum Gasteiger partial charge on any atom is 0.244 e. The number of rotatable bonds is 2. The lowest BCUT2D eigenvalue weighted by Gasteiger charge is -2.19. The number of thioether (sulfide) groups is 1. The molecule has 94 valence electrons. The Kier molecular flexibility index (Phi) is 4.46. The molecule has 0 saturated carbocycles. The highest BCUT2D eigenvalue weighted by molar-refractivity contribution is 9.10. The summed E-state index contributed by atoms with van der Waals surface area (Å²) in [6.45, 7) is 1.18. The van der Waals surface area contributed by atoms with Crippen LogP contribution in [0.25, 0.3) is 0 Å². The van der Waals surface area contributed by atoms with E-state index < -0.39 is 10.0 Å². The molecule has 1 aliphatic rings. The molecular formula is C10H13BrN2O2S2. The molecule has 7 heteroatoms. The average Bonchev–Trinajstić information content (AvgIpc) is 2.58. The number of aromatic nitrogens is 1. The van der Waals surface area contributed by atoms with E-state index in [0.717, 1.165) is 17.9 Å². The zero-order chi connectivity index (χ0) is 12.3. The summed E-state index contributed by atoms with van der Waals surface area (Å²) in [4.78, 5) is 4.17. The lowest BCUT2D eigenvalue weighted by molar-refractivity contribution is 0.434. The Morgan fingerprint density at radius 2 is 2.12 bits per heavy atom. The molecule has 1 aromatic heterocycles. The molecule has 0 unspecified atom stereocenters. The predicted molar refractivity (Wildman–Crippen MR) is 72.6 cm³/mol.